The first kappa shape index (κ1) is 16.0. The maximum atomic E-state index is 12.3. The lowest BCUT2D eigenvalue weighted by Crippen LogP contribution is -2.19. The molecule has 0 aliphatic heterocycles. The minimum Gasteiger partial charge on any atom is -0.478 e. The van der Waals surface area contributed by atoms with Crippen LogP contribution in [-0.4, -0.2) is 37.8 Å². The van der Waals surface area contributed by atoms with Crippen LogP contribution in [0.15, 0.2) is 36.5 Å². The molecule has 0 saturated carbocycles. The molecule has 0 atom stereocenters. The van der Waals surface area contributed by atoms with E-state index in [1.807, 2.05) is 0 Å². The van der Waals surface area contributed by atoms with Crippen LogP contribution in [0.25, 0.3) is 6.08 Å². The number of aromatic carboxylic acids is 1. The number of nitrogens with one attached hydrogen (secondary N) is 1. The number of aliphatic carboxylic acids is 1. The van der Waals surface area contributed by atoms with Crippen LogP contribution in [0.4, 0.5) is 5.69 Å². The smallest absolute Gasteiger partial charge is 0.339 e. The van der Waals surface area contributed by atoms with Gasteiger partial charge in [0.2, 0.25) is 0 Å². The van der Waals surface area contributed by atoms with Gasteiger partial charge in [0.25, 0.3) is 5.91 Å². The van der Waals surface area contributed by atoms with Gasteiger partial charge in [-0.15, -0.1) is 0 Å². The highest BCUT2D eigenvalue weighted by molar-refractivity contribution is 6.09. The Morgan fingerprint density at radius 3 is 2.65 bits per heavy atom. The number of hydrogen-bond donors (Lipinski definition) is 3. The standard InChI is InChI=1S/C15H13N3O5/c1-18-13(11(8-16-18)15(22)23)14(21)17-10-4-2-3-9(7-10)5-6-12(19)20/h2-8H,1H3,(H,17,21)(H,19,20)(H,22,23)/b6-5+. The van der Waals surface area contributed by atoms with Crippen molar-refractivity contribution >= 4 is 29.6 Å². The molecule has 8 heteroatoms. The zero-order valence-electron chi connectivity index (χ0n) is 12.1. The number of aryl methyl sites for hydroxylation is 1. The molecule has 0 aliphatic rings. The summed E-state index contributed by atoms with van der Waals surface area (Å²) in [6.07, 6.45) is 3.46. The molecule has 0 saturated heterocycles. The van der Waals surface area contributed by atoms with Crippen LogP contribution in [0.2, 0.25) is 0 Å². The van der Waals surface area contributed by atoms with Gasteiger partial charge in [0.15, 0.2) is 0 Å². The van der Waals surface area contributed by atoms with Gasteiger partial charge >= 0.3 is 11.9 Å². The van der Waals surface area contributed by atoms with E-state index in [2.05, 4.69) is 10.4 Å². The summed E-state index contributed by atoms with van der Waals surface area (Å²) >= 11 is 0. The van der Waals surface area contributed by atoms with Gasteiger partial charge < -0.3 is 15.5 Å². The third kappa shape index (κ3) is 3.82. The largest absolute Gasteiger partial charge is 0.478 e. The van der Waals surface area contributed by atoms with Gasteiger partial charge in [-0.05, 0) is 23.8 Å². The summed E-state index contributed by atoms with van der Waals surface area (Å²) in [4.78, 5) is 33.9. The molecule has 1 aromatic heterocycles. The van der Waals surface area contributed by atoms with Crippen molar-refractivity contribution in [2.75, 3.05) is 5.32 Å². The lowest BCUT2D eigenvalue weighted by molar-refractivity contribution is -0.131. The van der Waals surface area contributed by atoms with E-state index in [4.69, 9.17) is 10.2 Å². The zero-order valence-corrected chi connectivity index (χ0v) is 12.1. The van der Waals surface area contributed by atoms with E-state index >= 15 is 0 Å². The summed E-state index contributed by atoms with van der Waals surface area (Å²) in [5.41, 5.74) is 0.699. The third-order valence-corrected chi connectivity index (χ3v) is 2.95. The van der Waals surface area contributed by atoms with Crippen molar-refractivity contribution in [3.63, 3.8) is 0 Å². The second-order valence-electron chi connectivity index (χ2n) is 4.59. The Hall–Kier alpha value is -3.42. The first-order chi connectivity index (χ1) is 10.9. The molecule has 0 unspecified atom stereocenters. The van der Waals surface area contributed by atoms with Gasteiger partial charge in [-0.25, -0.2) is 9.59 Å². The van der Waals surface area contributed by atoms with Gasteiger partial charge in [-0.3, -0.25) is 9.48 Å². The number of hydrogen-bond acceptors (Lipinski definition) is 4. The summed E-state index contributed by atoms with van der Waals surface area (Å²) in [6, 6.07) is 6.47. The summed E-state index contributed by atoms with van der Waals surface area (Å²) in [5, 5.41) is 24.0. The molecule has 2 aromatic rings. The van der Waals surface area contributed by atoms with Crippen molar-refractivity contribution < 1.29 is 24.6 Å². The molecule has 0 radical (unpaired) electrons. The van der Waals surface area contributed by atoms with Gasteiger partial charge in [0.05, 0.1) is 6.20 Å². The maximum absolute atomic E-state index is 12.3. The molecule has 118 valence electrons. The summed E-state index contributed by atoms with van der Waals surface area (Å²) in [6.45, 7) is 0. The van der Waals surface area contributed by atoms with Crippen LogP contribution in [0, 0.1) is 0 Å². The number of anilines is 1. The summed E-state index contributed by atoms with van der Waals surface area (Å²) in [5.74, 6) is -2.96. The average Bonchev–Trinajstić information content (AvgIpc) is 2.87. The number of carboxylic acids is 2. The van der Waals surface area contributed by atoms with Gasteiger partial charge in [0, 0.05) is 18.8 Å². The first-order valence-electron chi connectivity index (χ1n) is 6.46. The van der Waals surface area contributed by atoms with Crippen molar-refractivity contribution in [3.05, 3.63) is 53.4 Å². The lowest BCUT2D eigenvalue weighted by Gasteiger charge is -2.07. The number of carboxylic acid groups (broad SMARTS) is 2. The Bertz CT molecular complexity index is 807. The van der Waals surface area contributed by atoms with Crippen LogP contribution in [0.3, 0.4) is 0 Å². The monoisotopic (exact) mass is 315 g/mol. The van der Waals surface area contributed by atoms with E-state index < -0.39 is 17.8 Å². The number of amides is 1. The topological polar surface area (TPSA) is 122 Å². The van der Waals surface area contributed by atoms with Crippen LogP contribution in [0.1, 0.15) is 26.4 Å². The lowest BCUT2D eigenvalue weighted by atomic mass is 10.1. The summed E-state index contributed by atoms with van der Waals surface area (Å²) in [7, 11) is 1.47. The number of nitrogens with zero attached hydrogens (tertiary/aromatic N) is 2. The van der Waals surface area contributed by atoms with E-state index in [1.54, 1.807) is 24.3 Å². The zero-order chi connectivity index (χ0) is 17.0. The van der Waals surface area contributed by atoms with E-state index in [-0.39, 0.29) is 11.3 Å². The fourth-order valence-electron chi connectivity index (χ4n) is 1.94. The first-order valence-corrected chi connectivity index (χ1v) is 6.46. The molecule has 0 bridgehead atoms. The second kappa shape index (κ2) is 6.56. The van der Waals surface area contributed by atoms with Crippen LogP contribution in [-0.2, 0) is 11.8 Å². The van der Waals surface area contributed by atoms with Crippen molar-refractivity contribution in [1.29, 1.82) is 0 Å². The van der Waals surface area contributed by atoms with E-state index in [9.17, 15) is 14.4 Å². The van der Waals surface area contributed by atoms with Gasteiger partial charge in [0.1, 0.15) is 11.3 Å². The van der Waals surface area contributed by atoms with Crippen LogP contribution < -0.4 is 5.32 Å². The summed E-state index contributed by atoms with van der Waals surface area (Å²) < 4.78 is 1.17. The minimum atomic E-state index is -1.25. The SMILES string of the molecule is Cn1ncc(C(=O)O)c1C(=O)Nc1cccc(/C=C/C(=O)O)c1. The van der Waals surface area contributed by atoms with E-state index in [0.717, 1.165) is 12.3 Å². The Kier molecular flexibility index (Phi) is 4.55. The van der Waals surface area contributed by atoms with E-state index in [1.165, 1.54) is 17.8 Å². The second-order valence-corrected chi connectivity index (χ2v) is 4.59. The van der Waals surface area contributed by atoms with Gasteiger partial charge in [-0.1, -0.05) is 12.1 Å². The molecule has 1 aromatic carbocycles. The molecule has 0 aliphatic carbocycles. The molecular formula is C15H13N3O5. The van der Waals surface area contributed by atoms with Crippen LogP contribution >= 0.6 is 0 Å². The fraction of sp³-hybridized carbons (Fsp3) is 0.0667. The highest BCUT2D eigenvalue weighted by Gasteiger charge is 2.21. The Morgan fingerprint density at radius 1 is 1.26 bits per heavy atom. The highest BCUT2D eigenvalue weighted by Crippen LogP contribution is 2.15. The van der Waals surface area contributed by atoms with Crippen molar-refractivity contribution in [2.45, 2.75) is 0 Å². The molecule has 0 fully saturated rings. The van der Waals surface area contributed by atoms with Crippen molar-refractivity contribution in [2.24, 2.45) is 7.05 Å². The number of benzene rings is 1. The number of carbonyl (C=O) groups is 3. The molecule has 23 heavy (non-hydrogen) atoms. The molecular weight excluding hydrogens is 302 g/mol. The third-order valence-electron chi connectivity index (χ3n) is 2.95. The molecule has 1 heterocycles. The minimum absolute atomic E-state index is 0.0796. The maximum Gasteiger partial charge on any atom is 0.339 e. The molecule has 3 N–H and O–H groups in total. The predicted molar refractivity (Wildman–Crippen MR) is 81.2 cm³/mol. The fourth-order valence-corrected chi connectivity index (χ4v) is 1.94. The Morgan fingerprint density at radius 2 is 2.00 bits per heavy atom. The highest BCUT2D eigenvalue weighted by atomic mass is 16.4. The average molecular weight is 315 g/mol. The predicted octanol–water partition coefficient (Wildman–Crippen LogP) is 1.47. The molecule has 0 spiro atoms. The normalized spacial score (nSPS) is 10.7. The molecule has 8 nitrogen and oxygen atoms in total. The Balaban J connectivity index is 2.24. The quantitative estimate of drug-likeness (QED) is 0.718. The Labute approximate surface area is 130 Å². The molecule has 2 rings (SSSR count). The van der Waals surface area contributed by atoms with E-state index in [0.29, 0.717) is 11.3 Å². The van der Waals surface area contributed by atoms with Gasteiger partial charge in [-0.2, -0.15) is 5.10 Å². The number of rotatable bonds is 5. The van der Waals surface area contributed by atoms with Crippen molar-refractivity contribution in [1.82, 2.24) is 9.78 Å². The van der Waals surface area contributed by atoms with Crippen molar-refractivity contribution in [3.8, 4) is 0 Å². The number of aromatic nitrogens is 2. The molecule has 1 amide bonds. The van der Waals surface area contributed by atoms with Crippen LogP contribution in [0.5, 0.6) is 0 Å². The number of carbonyl (C=O) groups excluding carboxylic acids is 1.